The van der Waals surface area contributed by atoms with Crippen LogP contribution in [0.4, 0.5) is 4.39 Å². The van der Waals surface area contributed by atoms with Crippen LogP contribution in [-0.4, -0.2) is 5.78 Å². The predicted molar refractivity (Wildman–Crippen MR) is 86.6 cm³/mol. The molecule has 1 rings (SSSR count). The van der Waals surface area contributed by atoms with E-state index in [1.54, 1.807) is 19.1 Å². The van der Waals surface area contributed by atoms with Crippen molar-refractivity contribution in [2.24, 2.45) is 0 Å². The molecule has 0 spiro atoms. The second-order valence-electron chi connectivity index (χ2n) is 4.26. The summed E-state index contributed by atoms with van der Waals surface area (Å²) in [5, 5.41) is 0. The third-order valence-corrected chi connectivity index (χ3v) is 2.42. The molecular formula is C18H29FO. The fourth-order valence-electron chi connectivity index (χ4n) is 1.29. The van der Waals surface area contributed by atoms with Gasteiger partial charge in [-0.05, 0) is 38.0 Å². The van der Waals surface area contributed by atoms with Crippen LogP contribution in [0.25, 0.3) is 0 Å². The molecule has 0 N–H and O–H groups in total. The van der Waals surface area contributed by atoms with Gasteiger partial charge in [-0.15, -0.1) is 0 Å². The Kier molecular flexibility index (Phi) is 14.6. The summed E-state index contributed by atoms with van der Waals surface area (Å²) in [6.07, 6.45) is 6.37. The van der Waals surface area contributed by atoms with E-state index in [-0.39, 0.29) is 11.6 Å². The van der Waals surface area contributed by atoms with Gasteiger partial charge in [0, 0.05) is 6.42 Å². The number of unbranched alkanes of at least 4 members (excludes halogenated alkanes) is 1. The first-order valence-corrected chi connectivity index (χ1v) is 7.43. The number of halogens is 1. The fraction of sp³-hybridized carbons (Fsp3) is 0.500. The molecule has 0 aromatic heterocycles. The maximum absolute atomic E-state index is 12.5. The normalized spacial score (nSPS) is 9.35. The molecule has 0 aliphatic rings. The Bertz CT molecular complexity index is 394. The van der Waals surface area contributed by atoms with Crippen LogP contribution in [0.1, 0.15) is 58.1 Å². The van der Waals surface area contributed by atoms with Crippen LogP contribution in [0.2, 0.25) is 0 Å². The summed E-state index contributed by atoms with van der Waals surface area (Å²) in [7, 11) is 0. The molecule has 0 fully saturated rings. The van der Waals surface area contributed by atoms with E-state index in [2.05, 4.69) is 6.92 Å². The van der Waals surface area contributed by atoms with E-state index in [1.165, 1.54) is 6.07 Å². The third kappa shape index (κ3) is 11.6. The Morgan fingerprint density at radius 1 is 1.20 bits per heavy atom. The molecule has 0 saturated heterocycles. The average Bonchev–Trinajstić information content (AvgIpc) is 2.46. The summed E-state index contributed by atoms with van der Waals surface area (Å²) in [5.41, 5.74) is 1.82. The van der Waals surface area contributed by atoms with E-state index < -0.39 is 0 Å². The Balaban J connectivity index is 0. The second-order valence-corrected chi connectivity index (χ2v) is 4.26. The highest BCUT2D eigenvalue weighted by atomic mass is 19.1. The van der Waals surface area contributed by atoms with Gasteiger partial charge in [0.25, 0.3) is 0 Å². The van der Waals surface area contributed by atoms with Gasteiger partial charge < -0.3 is 0 Å². The first kappa shape index (κ1) is 20.9. The quantitative estimate of drug-likeness (QED) is 0.638. The molecule has 0 atom stereocenters. The minimum Gasteiger partial charge on any atom is -0.295 e. The largest absolute Gasteiger partial charge is 0.295 e. The Labute approximate surface area is 123 Å². The van der Waals surface area contributed by atoms with Crippen molar-refractivity contribution in [1.82, 2.24) is 0 Å². The lowest BCUT2D eigenvalue weighted by molar-refractivity contribution is -0.114. The molecule has 1 aromatic rings. The standard InChI is InChI=1S/C8H9F.C8H14O.C2H6/c1-6-3-4-8(9)7(2)5-6;1-3-5-6-7-8(9)4-2;1-2/h3-5H,1-2H3;6-7H,3-5H2,1-2H3;1-2H3/b;7-6-;. The van der Waals surface area contributed by atoms with Crippen molar-refractivity contribution >= 4 is 5.78 Å². The van der Waals surface area contributed by atoms with E-state index >= 15 is 0 Å². The monoisotopic (exact) mass is 280 g/mol. The minimum atomic E-state index is -0.124. The highest BCUT2D eigenvalue weighted by Gasteiger charge is 1.93. The highest BCUT2D eigenvalue weighted by molar-refractivity contribution is 5.89. The minimum absolute atomic E-state index is 0.124. The molecule has 0 aliphatic heterocycles. The van der Waals surface area contributed by atoms with Crippen LogP contribution in [0, 0.1) is 19.7 Å². The molecule has 0 amide bonds. The Morgan fingerprint density at radius 3 is 2.20 bits per heavy atom. The summed E-state index contributed by atoms with van der Waals surface area (Å²) in [4.78, 5) is 10.6. The van der Waals surface area contributed by atoms with Crippen LogP contribution in [-0.2, 0) is 4.79 Å². The zero-order chi connectivity index (χ0) is 16.0. The van der Waals surface area contributed by atoms with Crippen molar-refractivity contribution in [2.45, 2.75) is 60.8 Å². The molecule has 2 heteroatoms. The smallest absolute Gasteiger partial charge is 0.155 e. The Hall–Kier alpha value is -1.44. The van der Waals surface area contributed by atoms with Gasteiger partial charge in [-0.1, -0.05) is 57.9 Å². The lowest BCUT2D eigenvalue weighted by Gasteiger charge is -1.95. The van der Waals surface area contributed by atoms with E-state index in [0.717, 1.165) is 24.0 Å². The highest BCUT2D eigenvalue weighted by Crippen LogP contribution is 2.06. The first-order chi connectivity index (χ1) is 9.51. The molecule has 1 nitrogen and oxygen atoms in total. The molecule has 1 aromatic carbocycles. The second kappa shape index (κ2) is 14.0. The molecule has 0 radical (unpaired) electrons. The van der Waals surface area contributed by atoms with Crippen molar-refractivity contribution in [3.8, 4) is 0 Å². The number of carbonyl (C=O) groups is 1. The van der Waals surface area contributed by atoms with E-state index in [0.29, 0.717) is 6.42 Å². The molecule has 114 valence electrons. The number of aryl methyl sites for hydroxylation is 2. The fourth-order valence-corrected chi connectivity index (χ4v) is 1.29. The number of benzene rings is 1. The van der Waals surface area contributed by atoms with Crippen molar-refractivity contribution in [3.63, 3.8) is 0 Å². The van der Waals surface area contributed by atoms with Gasteiger partial charge in [-0.3, -0.25) is 4.79 Å². The lowest BCUT2D eigenvalue weighted by Crippen LogP contribution is -1.86. The molecule has 0 unspecified atom stereocenters. The van der Waals surface area contributed by atoms with Crippen molar-refractivity contribution < 1.29 is 9.18 Å². The number of carbonyl (C=O) groups excluding carboxylic acids is 1. The number of ketones is 1. The van der Waals surface area contributed by atoms with E-state index in [9.17, 15) is 9.18 Å². The summed E-state index contributed by atoms with van der Waals surface area (Å²) >= 11 is 0. The number of hydrogen-bond donors (Lipinski definition) is 0. The molecule has 0 heterocycles. The molecule has 0 bridgehead atoms. The van der Waals surface area contributed by atoms with Gasteiger partial charge in [-0.2, -0.15) is 0 Å². The van der Waals surface area contributed by atoms with Gasteiger partial charge in [0.1, 0.15) is 5.82 Å². The van der Waals surface area contributed by atoms with Crippen molar-refractivity contribution in [3.05, 3.63) is 47.3 Å². The summed E-state index contributed by atoms with van der Waals surface area (Å²) < 4.78 is 12.5. The van der Waals surface area contributed by atoms with Crippen LogP contribution < -0.4 is 0 Å². The summed E-state index contributed by atoms with van der Waals surface area (Å²) in [6, 6.07) is 5.09. The summed E-state index contributed by atoms with van der Waals surface area (Å²) in [6.45, 7) is 11.7. The zero-order valence-corrected chi connectivity index (χ0v) is 13.8. The molecular weight excluding hydrogens is 251 g/mol. The van der Waals surface area contributed by atoms with Crippen molar-refractivity contribution in [1.29, 1.82) is 0 Å². The lowest BCUT2D eigenvalue weighted by atomic mass is 10.1. The number of rotatable bonds is 4. The van der Waals surface area contributed by atoms with Crippen LogP contribution in [0.3, 0.4) is 0 Å². The van der Waals surface area contributed by atoms with Gasteiger partial charge in [0.05, 0.1) is 0 Å². The Morgan fingerprint density at radius 2 is 1.80 bits per heavy atom. The topological polar surface area (TPSA) is 17.1 Å². The van der Waals surface area contributed by atoms with Gasteiger partial charge in [0.15, 0.2) is 5.78 Å². The number of hydrogen-bond acceptors (Lipinski definition) is 1. The maximum atomic E-state index is 12.5. The molecule has 0 aliphatic carbocycles. The maximum Gasteiger partial charge on any atom is 0.155 e. The van der Waals surface area contributed by atoms with E-state index in [4.69, 9.17) is 0 Å². The third-order valence-electron chi connectivity index (χ3n) is 2.42. The van der Waals surface area contributed by atoms with Crippen LogP contribution >= 0.6 is 0 Å². The first-order valence-electron chi connectivity index (χ1n) is 7.43. The van der Waals surface area contributed by atoms with Gasteiger partial charge in [-0.25, -0.2) is 4.39 Å². The van der Waals surface area contributed by atoms with Crippen LogP contribution in [0.5, 0.6) is 0 Å². The van der Waals surface area contributed by atoms with Gasteiger partial charge in [0.2, 0.25) is 0 Å². The zero-order valence-electron chi connectivity index (χ0n) is 13.8. The predicted octanol–water partition coefficient (Wildman–Crippen LogP) is 5.79. The molecule has 20 heavy (non-hydrogen) atoms. The van der Waals surface area contributed by atoms with E-state index in [1.807, 2.05) is 39.8 Å². The summed E-state index contributed by atoms with van der Waals surface area (Å²) in [5.74, 6) is 0.101. The number of allylic oxidation sites excluding steroid dienone is 2. The van der Waals surface area contributed by atoms with Gasteiger partial charge >= 0.3 is 0 Å². The SMILES string of the molecule is CC.CCC/C=C\C(=O)CC.Cc1ccc(F)c(C)c1. The molecule has 0 saturated carbocycles. The van der Waals surface area contributed by atoms with Crippen LogP contribution in [0.15, 0.2) is 30.4 Å². The average molecular weight is 280 g/mol. The van der Waals surface area contributed by atoms with Crippen molar-refractivity contribution in [2.75, 3.05) is 0 Å².